The maximum absolute atomic E-state index is 4.68. The molecule has 0 spiro atoms. The van der Waals surface area contributed by atoms with E-state index in [1.807, 2.05) is 0 Å². The van der Waals surface area contributed by atoms with Gasteiger partial charge >= 0.3 is 0 Å². The van der Waals surface area contributed by atoms with Gasteiger partial charge in [-0.2, -0.15) is 0 Å². The van der Waals surface area contributed by atoms with E-state index < -0.39 is 0 Å². The van der Waals surface area contributed by atoms with Crippen LogP contribution >= 0.6 is 28.1 Å². The summed E-state index contributed by atoms with van der Waals surface area (Å²) in [5, 5.41) is 0. The Morgan fingerprint density at radius 1 is 1.86 bits per heavy atom. The second kappa shape index (κ2) is 1.79. The zero-order valence-corrected chi connectivity index (χ0v) is 5.67. The highest BCUT2D eigenvalue weighted by atomic mass is 79.9. The fraction of sp³-hybridized carbons (Fsp3) is 0. The maximum Gasteiger partial charge on any atom is 0.266 e. The highest BCUT2D eigenvalue weighted by Crippen LogP contribution is 2.03. The van der Waals surface area contributed by atoms with Crippen molar-refractivity contribution in [2.24, 2.45) is 0 Å². The normalized spacial score (nSPS) is 9.29. The van der Waals surface area contributed by atoms with Crippen molar-refractivity contribution in [1.29, 1.82) is 0 Å². The van der Waals surface area contributed by atoms with Crippen LogP contribution in [0, 0.1) is 4.84 Å². The molecular formula is C3H2BrNOS. The monoisotopic (exact) mass is 179 g/mol. The molecule has 1 aromatic heterocycles. The van der Waals surface area contributed by atoms with Crippen LogP contribution < -0.4 is 0 Å². The summed E-state index contributed by atoms with van der Waals surface area (Å²) < 4.78 is 5.45. The summed E-state index contributed by atoms with van der Waals surface area (Å²) in [6, 6.07) is 0. The topological polar surface area (TPSA) is 28.9 Å². The van der Waals surface area contributed by atoms with Crippen LogP contribution in [0.2, 0.25) is 0 Å². The van der Waals surface area contributed by atoms with E-state index in [1.165, 1.54) is 6.26 Å². The van der Waals surface area contributed by atoms with E-state index in [2.05, 4.69) is 37.5 Å². The summed E-state index contributed by atoms with van der Waals surface area (Å²) >= 11 is 7.70. The van der Waals surface area contributed by atoms with Crippen LogP contribution in [0.3, 0.4) is 0 Å². The summed E-state index contributed by atoms with van der Waals surface area (Å²) in [4.78, 5) is 3.10. The summed E-state index contributed by atoms with van der Waals surface area (Å²) in [6.45, 7) is 0. The molecule has 2 nitrogen and oxygen atoms in total. The molecule has 0 aliphatic carbocycles. The van der Waals surface area contributed by atoms with E-state index in [9.17, 15) is 0 Å². The minimum atomic E-state index is 0.395. The number of nitrogens with one attached hydrogen (secondary N) is 1. The summed E-state index contributed by atoms with van der Waals surface area (Å²) in [7, 11) is 0. The average Bonchev–Trinajstić information content (AvgIpc) is 1.87. The largest absolute Gasteiger partial charge is 0.437 e. The SMILES string of the molecule is S=c1[nH]c(Br)co1. The molecule has 1 N–H and O–H groups in total. The molecule has 7 heavy (non-hydrogen) atoms. The molecule has 38 valence electrons. The predicted molar refractivity (Wildman–Crippen MR) is 31.6 cm³/mol. The summed E-state index contributed by atoms with van der Waals surface area (Å²) in [5.74, 6) is 0. The van der Waals surface area contributed by atoms with Crippen molar-refractivity contribution in [1.82, 2.24) is 4.98 Å². The third-order valence-corrected chi connectivity index (χ3v) is 1.07. The fourth-order valence-corrected chi connectivity index (χ4v) is 0.824. The number of rotatable bonds is 0. The molecular weight excluding hydrogens is 178 g/mol. The van der Waals surface area contributed by atoms with Gasteiger partial charge in [0.15, 0.2) is 0 Å². The van der Waals surface area contributed by atoms with Gasteiger partial charge < -0.3 is 9.40 Å². The molecule has 0 atom stereocenters. The van der Waals surface area contributed by atoms with Gasteiger partial charge in [-0.1, -0.05) is 0 Å². The molecule has 0 fully saturated rings. The number of H-pyrrole nitrogens is 1. The first-order valence-electron chi connectivity index (χ1n) is 1.62. The van der Waals surface area contributed by atoms with Crippen molar-refractivity contribution in [3.8, 4) is 0 Å². The molecule has 0 aromatic carbocycles. The van der Waals surface area contributed by atoms with Gasteiger partial charge in [-0.3, -0.25) is 0 Å². The number of halogens is 1. The van der Waals surface area contributed by atoms with Gasteiger partial charge in [0.25, 0.3) is 4.84 Å². The van der Waals surface area contributed by atoms with Crippen LogP contribution in [0.25, 0.3) is 0 Å². The Kier molecular flexibility index (Phi) is 1.30. The van der Waals surface area contributed by atoms with Crippen molar-refractivity contribution in [2.75, 3.05) is 0 Å². The van der Waals surface area contributed by atoms with Gasteiger partial charge in [-0.05, 0) is 28.1 Å². The third kappa shape index (κ3) is 1.14. The first-order valence-corrected chi connectivity index (χ1v) is 2.82. The first kappa shape index (κ1) is 5.05. The van der Waals surface area contributed by atoms with E-state index in [0.29, 0.717) is 4.84 Å². The zero-order valence-electron chi connectivity index (χ0n) is 3.27. The highest BCUT2D eigenvalue weighted by Gasteiger charge is 1.83. The van der Waals surface area contributed by atoms with Crippen LogP contribution in [0.4, 0.5) is 0 Å². The average molecular weight is 180 g/mol. The second-order valence-electron chi connectivity index (χ2n) is 0.996. The van der Waals surface area contributed by atoms with Crippen LogP contribution in [-0.4, -0.2) is 4.98 Å². The molecule has 0 aliphatic heterocycles. The molecule has 4 heteroatoms. The minimum absolute atomic E-state index is 0.395. The van der Waals surface area contributed by atoms with E-state index in [4.69, 9.17) is 0 Å². The van der Waals surface area contributed by atoms with Crippen molar-refractivity contribution in [2.45, 2.75) is 0 Å². The van der Waals surface area contributed by atoms with Gasteiger partial charge in [0.1, 0.15) is 10.9 Å². The van der Waals surface area contributed by atoms with Gasteiger partial charge in [0.05, 0.1) is 0 Å². The Balaban J connectivity index is 3.30. The Morgan fingerprint density at radius 2 is 2.57 bits per heavy atom. The van der Waals surface area contributed by atoms with Crippen molar-refractivity contribution >= 4 is 28.1 Å². The second-order valence-corrected chi connectivity index (χ2v) is 2.22. The number of aromatic amines is 1. The lowest BCUT2D eigenvalue weighted by molar-refractivity contribution is 0.540. The molecule has 0 radical (unpaired) electrons. The number of oxazole rings is 1. The van der Waals surface area contributed by atoms with Gasteiger partial charge in [0.2, 0.25) is 0 Å². The number of hydrogen-bond donors (Lipinski definition) is 1. The Bertz CT molecular complexity index is 203. The van der Waals surface area contributed by atoms with E-state index in [0.717, 1.165) is 4.60 Å². The van der Waals surface area contributed by atoms with Crippen molar-refractivity contribution in [3.63, 3.8) is 0 Å². The lowest BCUT2D eigenvalue weighted by Crippen LogP contribution is -1.54. The van der Waals surface area contributed by atoms with Gasteiger partial charge in [-0.15, -0.1) is 0 Å². The van der Waals surface area contributed by atoms with Crippen LogP contribution in [0.15, 0.2) is 15.3 Å². The van der Waals surface area contributed by atoms with E-state index >= 15 is 0 Å². The predicted octanol–water partition coefficient (Wildman–Crippen LogP) is 2.10. The molecule has 1 rings (SSSR count). The van der Waals surface area contributed by atoms with E-state index in [-0.39, 0.29) is 0 Å². The molecule has 0 unspecified atom stereocenters. The molecule has 0 aliphatic rings. The quantitative estimate of drug-likeness (QED) is 0.619. The highest BCUT2D eigenvalue weighted by molar-refractivity contribution is 9.10. The number of aromatic nitrogens is 1. The molecule has 1 aromatic rings. The van der Waals surface area contributed by atoms with Crippen LogP contribution in [0.5, 0.6) is 0 Å². The van der Waals surface area contributed by atoms with Crippen LogP contribution in [0.1, 0.15) is 0 Å². The van der Waals surface area contributed by atoms with Gasteiger partial charge in [-0.25, -0.2) is 0 Å². The molecule has 0 bridgehead atoms. The van der Waals surface area contributed by atoms with Gasteiger partial charge in [0, 0.05) is 0 Å². The third-order valence-electron chi connectivity index (χ3n) is 0.491. The lowest BCUT2D eigenvalue weighted by Gasteiger charge is -1.63. The molecule has 0 saturated carbocycles. The smallest absolute Gasteiger partial charge is 0.266 e. The molecule has 0 amide bonds. The van der Waals surface area contributed by atoms with Crippen molar-refractivity contribution < 1.29 is 4.42 Å². The zero-order chi connectivity index (χ0) is 5.28. The Labute approximate surface area is 53.7 Å². The Hall–Kier alpha value is -0.0900. The summed E-state index contributed by atoms with van der Waals surface area (Å²) in [6.07, 6.45) is 1.50. The standard InChI is InChI=1S/C3H2BrNOS/c4-2-1-6-3(7)5-2/h1H,(H,5,7). The first-order chi connectivity index (χ1) is 3.29. The van der Waals surface area contributed by atoms with Crippen molar-refractivity contribution in [3.05, 3.63) is 15.7 Å². The summed E-state index contributed by atoms with van der Waals surface area (Å²) in [5.41, 5.74) is 0. The number of hydrogen-bond acceptors (Lipinski definition) is 2. The van der Waals surface area contributed by atoms with Crippen LogP contribution in [-0.2, 0) is 0 Å². The maximum atomic E-state index is 4.68. The van der Waals surface area contributed by atoms with E-state index in [1.54, 1.807) is 0 Å². The molecule has 1 heterocycles. The lowest BCUT2D eigenvalue weighted by atomic mass is 11.0. The minimum Gasteiger partial charge on any atom is -0.437 e. The fourth-order valence-electron chi connectivity index (χ4n) is 0.262. The Morgan fingerprint density at radius 3 is 2.71 bits per heavy atom. The molecule has 0 saturated heterocycles.